The van der Waals surface area contributed by atoms with Crippen LogP contribution in [0, 0.1) is 34.5 Å². The summed E-state index contributed by atoms with van der Waals surface area (Å²) < 4.78 is 0. The van der Waals surface area contributed by atoms with E-state index in [4.69, 9.17) is 0 Å². The van der Waals surface area contributed by atoms with Crippen molar-refractivity contribution in [1.29, 1.82) is 0 Å². The van der Waals surface area contributed by atoms with E-state index in [1.807, 2.05) is 36.4 Å². The molecule has 3 aliphatic carbocycles. The van der Waals surface area contributed by atoms with Crippen molar-refractivity contribution < 1.29 is 9.59 Å². The average Bonchev–Trinajstić information content (AvgIpc) is 3.31. The third-order valence-corrected chi connectivity index (χ3v) is 11.0. The standard InChI is InChI=1S/C33H42N2O2/c1-32-18-9-14-26(32)24-15-16-29-33(2,27(24)17-19-32)21-25(31(37)35-29)30(36)34-28(23-12-7-4-8-13-23)20-22-10-5-3-6-11-22/h3-8,10-13,24-29H,9,14-21H2,1-2H3,(H,34,36)(H,35,37)/t24-,25?,26-,27+,28?,29?,32-,33+/m0/s1. The van der Waals surface area contributed by atoms with Gasteiger partial charge in [0.15, 0.2) is 0 Å². The summed E-state index contributed by atoms with van der Waals surface area (Å²) in [7, 11) is 0. The summed E-state index contributed by atoms with van der Waals surface area (Å²) in [5, 5.41) is 6.66. The maximum atomic E-state index is 13.8. The van der Waals surface area contributed by atoms with Crippen molar-refractivity contribution in [1.82, 2.24) is 10.6 Å². The van der Waals surface area contributed by atoms with E-state index in [1.165, 1.54) is 44.1 Å². The zero-order valence-corrected chi connectivity index (χ0v) is 22.4. The second-order valence-corrected chi connectivity index (χ2v) is 13.0. The van der Waals surface area contributed by atoms with E-state index in [9.17, 15) is 9.59 Å². The lowest BCUT2D eigenvalue weighted by molar-refractivity contribution is -0.151. The minimum atomic E-state index is -0.626. The molecule has 0 spiro atoms. The normalized spacial score (nSPS) is 37.5. The first kappa shape index (κ1) is 24.7. The zero-order valence-electron chi connectivity index (χ0n) is 22.4. The lowest BCUT2D eigenvalue weighted by Crippen LogP contribution is -2.64. The van der Waals surface area contributed by atoms with Crippen LogP contribution in [0.4, 0.5) is 0 Å². The number of rotatable bonds is 5. The van der Waals surface area contributed by atoms with Gasteiger partial charge in [-0.3, -0.25) is 9.59 Å². The second kappa shape index (κ2) is 9.60. The van der Waals surface area contributed by atoms with Gasteiger partial charge in [-0.1, -0.05) is 80.9 Å². The molecule has 2 aromatic rings. The van der Waals surface area contributed by atoms with E-state index in [-0.39, 0.29) is 29.3 Å². The summed E-state index contributed by atoms with van der Waals surface area (Å²) in [5.41, 5.74) is 2.75. The monoisotopic (exact) mass is 498 g/mol. The number of benzene rings is 2. The molecule has 4 heteroatoms. The Balaban J connectivity index is 1.23. The summed E-state index contributed by atoms with van der Waals surface area (Å²) in [5.74, 6) is 1.35. The highest BCUT2D eigenvalue weighted by atomic mass is 16.2. The number of carbonyl (C=O) groups excluding carboxylic acids is 2. The molecule has 2 amide bonds. The Morgan fingerprint density at radius 1 is 0.946 bits per heavy atom. The highest BCUT2D eigenvalue weighted by molar-refractivity contribution is 6.01. The van der Waals surface area contributed by atoms with Crippen molar-refractivity contribution in [2.24, 2.45) is 34.5 Å². The Morgan fingerprint density at radius 2 is 1.68 bits per heavy atom. The largest absolute Gasteiger partial charge is 0.352 e. The Bertz CT molecular complexity index is 1130. The molecule has 37 heavy (non-hydrogen) atoms. The molecule has 4 fully saturated rings. The fourth-order valence-electron chi connectivity index (χ4n) is 9.06. The van der Waals surface area contributed by atoms with Crippen LogP contribution in [-0.2, 0) is 16.0 Å². The van der Waals surface area contributed by atoms with Gasteiger partial charge in [-0.2, -0.15) is 0 Å². The van der Waals surface area contributed by atoms with Gasteiger partial charge in [0.05, 0.1) is 6.04 Å². The second-order valence-electron chi connectivity index (χ2n) is 13.0. The van der Waals surface area contributed by atoms with Gasteiger partial charge in [-0.05, 0) is 91.1 Å². The van der Waals surface area contributed by atoms with E-state index >= 15 is 0 Å². The van der Waals surface area contributed by atoms with Crippen LogP contribution in [0.3, 0.4) is 0 Å². The van der Waals surface area contributed by atoms with Gasteiger partial charge in [0.2, 0.25) is 11.8 Å². The molecule has 0 bridgehead atoms. The summed E-state index contributed by atoms with van der Waals surface area (Å²) in [6, 6.07) is 20.5. The smallest absolute Gasteiger partial charge is 0.233 e. The van der Waals surface area contributed by atoms with Crippen molar-refractivity contribution in [3.05, 3.63) is 71.8 Å². The lowest BCUT2D eigenvalue weighted by atomic mass is 9.47. The van der Waals surface area contributed by atoms with Gasteiger partial charge in [-0.15, -0.1) is 0 Å². The van der Waals surface area contributed by atoms with Gasteiger partial charge >= 0.3 is 0 Å². The number of nitrogens with one attached hydrogen (secondary N) is 2. The number of amides is 2. The third-order valence-electron chi connectivity index (χ3n) is 11.0. The molecule has 2 N–H and O–H groups in total. The quantitative estimate of drug-likeness (QED) is 0.481. The minimum Gasteiger partial charge on any atom is -0.352 e. The molecule has 4 nitrogen and oxygen atoms in total. The SMILES string of the molecule is C[C@@]12CCC[C@H]1[C@@H]1CCC3NC(=O)C(C(=O)NC(Cc4ccccc4)c4ccccc4)C[C@]3(C)[C@@H]1CC2. The first-order valence-corrected chi connectivity index (χ1v) is 14.6. The molecule has 3 unspecified atom stereocenters. The fraction of sp³-hybridized carbons (Fsp3) is 0.576. The maximum Gasteiger partial charge on any atom is 0.233 e. The van der Waals surface area contributed by atoms with Crippen LogP contribution in [0.25, 0.3) is 0 Å². The van der Waals surface area contributed by atoms with E-state index in [1.54, 1.807) is 0 Å². The number of hydrogen-bond donors (Lipinski definition) is 2. The van der Waals surface area contributed by atoms with Crippen molar-refractivity contribution in [2.75, 3.05) is 0 Å². The molecule has 1 heterocycles. The van der Waals surface area contributed by atoms with Gasteiger partial charge in [0, 0.05) is 6.04 Å². The molecule has 1 aliphatic heterocycles. The van der Waals surface area contributed by atoms with Gasteiger partial charge < -0.3 is 10.6 Å². The number of fused-ring (bicyclic) bond motifs is 5. The lowest BCUT2D eigenvalue weighted by Gasteiger charge is -2.60. The van der Waals surface area contributed by atoms with Crippen LogP contribution in [0.15, 0.2) is 60.7 Å². The summed E-state index contributed by atoms with van der Waals surface area (Å²) >= 11 is 0. The number of piperidine rings is 1. The maximum absolute atomic E-state index is 13.8. The first-order valence-electron chi connectivity index (χ1n) is 14.6. The van der Waals surface area contributed by atoms with Crippen molar-refractivity contribution in [3.63, 3.8) is 0 Å². The molecule has 4 aliphatic rings. The van der Waals surface area contributed by atoms with E-state index < -0.39 is 5.92 Å². The average molecular weight is 499 g/mol. The molecule has 0 radical (unpaired) electrons. The van der Waals surface area contributed by atoms with E-state index in [2.05, 4.69) is 48.7 Å². The molecular weight excluding hydrogens is 456 g/mol. The Hall–Kier alpha value is -2.62. The Labute approximate surface area is 222 Å². The predicted molar refractivity (Wildman–Crippen MR) is 147 cm³/mol. The van der Waals surface area contributed by atoms with Gasteiger partial charge in [0.1, 0.15) is 5.92 Å². The van der Waals surface area contributed by atoms with Gasteiger partial charge in [0.25, 0.3) is 0 Å². The van der Waals surface area contributed by atoms with E-state index in [0.717, 1.165) is 23.8 Å². The molecule has 1 saturated heterocycles. The first-order chi connectivity index (χ1) is 17.9. The molecule has 6 rings (SSSR count). The van der Waals surface area contributed by atoms with E-state index in [0.29, 0.717) is 24.2 Å². The highest BCUT2D eigenvalue weighted by Crippen LogP contribution is 2.64. The molecular formula is C33H42N2O2. The Morgan fingerprint density at radius 3 is 2.43 bits per heavy atom. The van der Waals surface area contributed by atoms with Gasteiger partial charge in [-0.25, -0.2) is 0 Å². The van der Waals surface area contributed by atoms with Crippen molar-refractivity contribution in [2.45, 2.75) is 83.7 Å². The summed E-state index contributed by atoms with van der Waals surface area (Å²) in [6.07, 6.45) is 10.3. The van der Waals surface area contributed by atoms with Crippen LogP contribution in [-0.4, -0.2) is 17.9 Å². The summed E-state index contributed by atoms with van der Waals surface area (Å²) in [6.45, 7) is 4.93. The van der Waals surface area contributed by atoms with Crippen molar-refractivity contribution in [3.8, 4) is 0 Å². The highest BCUT2D eigenvalue weighted by Gasteiger charge is 2.60. The minimum absolute atomic E-state index is 0.00950. The van der Waals surface area contributed by atoms with Crippen LogP contribution >= 0.6 is 0 Å². The fourth-order valence-corrected chi connectivity index (χ4v) is 9.06. The zero-order chi connectivity index (χ0) is 25.6. The predicted octanol–water partition coefficient (Wildman–Crippen LogP) is 6.22. The van der Waals surface area contributed by atoms with Crippen LogP contribution in [0.1, 0.15) is 82.4 Å². The molecule has 196 valence electrons. The topological polar surface area (TPSA) is 58.2 Å². The number of carbonyl (C=O) groups is 2. The van der Waals surface area contributed by atoms with Crippen LogP contribution in [0.2, 0.25) is 0 Å². The molecule has 2 aromatic carbocycles. The summed E-state index contributed by atoms with van der Waals surface area (Å²) in [4.78, 5) is 27.2. The van der Waals surface area contributed by atoms with Crippen molar-refractivity contribution >= 4 is 11.8 Å². The van der Waals surface area contributed by atoms with Crippen LogP contribution in [0.5, 0.6) is 0 Å². The number of hydrogen-bond acceptors (Lipinski definition) is 2. The third kappa shape index (κ3) is 4.41. The molecule has 0 aromatic heterocycles. The van der Waals surface area contributed by atoms with Crippen LogP contribution < -0.4 is 10.6 Å². The molecule has 8 atom stereocenters. The molecule has 3 saturated carbocycles. The Kier molecular flexibility index (Phi) is 6.41.